The summed E-state index contributed by atoms with van der Waals surface area (Å²) < 4.78 is 16.6. The highest BCUT2D eigenvalue weighted by atomic mass is 16.5. The Balaban J connectivity index is 1.59. The lowest BCUT2D eigenvalue weighted by molar-refractivity contribution is -0.232. The number of methoxy groups -OCH3 is 1. The number of Topliss-reactive ketones (excluding diaryl/α,β-unsaturated/α-hetero) is 1. The minimum atomic E-state index is -1.59. The van der Waals surface area contributed by atoms with Crippen LogP contribution in [0.3, 0.4) is 0 Å². The molecule has 0 spiro atoms. The Morgan fingerprint density at radius 3 is 2.52 bits per heavy atom. The second-order valence-electron chi connectivity index (χ2n) is 8.03. The first-order valence-corrected chi connectivity index (χ1v) is 10.6. The molecule has 9 nitrogen and oxygen atoms in total. The fourth-order valence-corrected chi connectivity index (χ4v) is 4.10. The Morgan fingerprint density at radius 2 is 1.82 bits per heavy atom. The number of aliphatic hydroxyl groups is 4. The predicted octanol–water partition coefficient (Wildman–Crippen LogP) is 1.48. The second kappa shape index (κ2) is 9.50. The van der Waals surface area contributed by atoms with E-state index in [4.69, 9.17) is 13.9 Å². The van der Waals surface area contributed by atoms with Gasteiger partial charge in [-0.25, -0.2) is 0 Å². The van der Waals surface area contributed by atoms with Gasteiger partial charge in [0.1, 0.15) is 53.4 Å². The molecule has 2 heterocycles. The van der Waals surface area contributed by atoms with E-state index in [1.807, 2.05) is 30.3 Å². The number of ether oxygens (including phenoxy) is 2. The summed E-state index contributed by atoms with van der Waals surface area (Å²) in [5, 5.41) is 51.5. The molecule has 5 unspecified atom stereocenters. The highest BCUT2D eigenvalue weighted by Gasteiger charge is 2.45. The van der Waals surface area contributed by atoms with E-state index in [9.17, 15) is 30.3 Å². The van der Waals surface area contributed by atoms with Crippen LogP contribution in [0.4, 0.5) is 0 Å². The van der Waals surface area contributed by atoms with E-state index in [-0.39, 0.29) is 34.8 Å². The number of hydrogen-bond donors (Lipinski definition) is 5. The number of ketones is 1. The van der Waals surface area contributed by atoms with Gasteiger partial charge in [0.25, 0.3) is 0 Å². The van der Waals surface area contributed by atoms with E-state index in [0.717, 1.165) is 11.0 Å². The molecule has 5 N–H and O–H groups in total. The van der Waals surface area contributed by atoms with Gasteiger partial charge in [-0.2, -0.15) is 0 Å². The Hall–Kier alpha value is -2.95. The van der Waals surface area contributed by atoms with Crippen molar-refractivity contribution in [2.24, 2.45) is 0 Å². The first kappa shape index (κ1) is 23.2. The van der Waals surface area contributed by atoms with Gasteiger partial charge in [-0.05, 0) is 18.2 Å². The average molecular weight is 458 g/mol. The maximum absolute atomic E-state index is 12.9. The summed E-state index contributed by atoms with van der Waals surface area (Å²) in [6, 6.07) is 11.9. The van der Waals surface area contributed by atoms with Crippen LogP contribution in [0.1, 0.15) is 34.2 Å². The van der Waals surface area contributed by atoms with Crippen LogP contribution in [0.5, 0.6) is 11.5 Å². The normalized spacial score (nSPS) is 25.3. The first-order valence-electron chi connectivity index (χ1n) is 10.6. The molecule has 1 aliphatic rings. The third-order valence-electron chi connectivity index (χ3n) is 5.92. The van der Waals surface area contributed by atoms with Crippen molar-refractivity contribution in [2.45, 2.75) is 43.4 Å². The molecule has 1 aromatic heterocycles. The number of aromatic hydroxyl groups is 1. The van der Waals surface area contributed by atoms with Crippen LogP contribution >= 0.6 is 0 Å². The molecular formula is C24H26O9. The number of hydrogen-bond acceptors (Lipinski definition) is 9. The quantitative estimate of drug-likeness (QED) is 0.332. The molecule has 1 aliphatic heterocycles. The molecule has 9 heteroatoms. The van der Waals surface area contributed by atoms with E-state index in [1.54, 1.807) is 0 Å². The first-order chi connectivity index (χ1) is 15.8. The number of phenols is 1. The molecule has 1 saturated heterocycles. The van der Waals surface area contributed by atoms with Crippen molar-refractivity contribution in [3.8, 4) is 11.5 Å². The van der Waals surface area contributed by atoms with Gasteiger partial charge in [0, 0.05) is 29.9 Å². The van der Waals surface area contributed by atoms with Gasteiger partial charge in [0.05, 0.1) is 19.3 Å². The van der Waals surface area contributed by atoms with Crippen molar-refractivity contribution in [3.05, 3.63) is 59.4 Å². The highest BCUT2D eigenvalue weighted by Crippen LogP contribution is 2.40. The summed E-state index contributed by atoms with van der Waals surface area (Å²) in [5.74, 6) is 0.0635. The number of benzene rings is 2. The van der Waals surface area contributed by atoms with Crippen molar-refractivity contribution < 1.29 is 44.2 Å². The Labute approximate surface area is 189 Å². The minimum absolute atomic E-state index is 0.0149. The zero-order valence-electron chi connectivity index (χ0n) is 17.9. The summed E-state index contributed by atoms with van der Waals surface area (Å²) in [7, 11) is 1.34. The molecule has 5 atom stereocenters. The lowest BCUT2D eigenvalue weighted by Crippen LogP contribution is -2.55. The van der Waals surface area contributed by atoms with Crippen molar-refractivity contribution in [2.75, 3.05) is 13.7 Å². The lowest BCUT2D eigenvalue weighted by Gasteiger charge is -2.40. The summed E-state index contributed by atoms with van der Waals surface area (Å²) in [5.41, 5.74) is 0.898. The number of phenolic OH excluding ortho intramolecular Hbond substituents is 1. The number of fused-ring (bicyclic) bond motifs is 1. The number of carbonyl (C=O) groups is 1. The number of para-hydroxylation sites is 1. The highest BCUT2D eigenvalue weighted by molar-refractivity contribution is 5.99. The van der Waals surface area contributed by atoms with E-state index in [1.165, 1.54) is 19.2 Å². The third kappa shape index (κ3) is 4.46. The van der Waals surface area contributed by atoms with E-state index in [2.05, 4.69) is 0 Å². The predicted molar refractivity (Wildman–Crippen MR) is 116 cm³/mol. The monoisotopic (exact) mass is 458 g/mol. The van der Waals surface area contributed by atoms with Crippen molar-refractivity contribution in [3.63, 3.8) is 0 Å². The van der Waals surface area contributed by atoms with E-state index >= 15 is 0 Å². The summed E-state index contributed by atoms with van der Waals surface area (Å²) >= 11 is 0. The molecule has 2 aromatic carbocycles. The van der Waals surface area contributed by atoms with E-state index in [0.29, 0.717) is 12.2 Å². The molecule has 3 aromatic rings. The fraction of sp³-hybridized carbons (Fsp3) is 0.375. The Bertz CT molecular complexity index is 1100. The Kier molecular flexibility index (Phi) is 6.68. The molecule has 0 saturated carbocycles. The molecule has 4 rings (SSSR count). The van der Waals surface area contributed by atoms with Gasteiger partial charge in [0.2, 0.25) is 0 Å². The molecule has 1 fully saturated rings. The minimum Gasteiger partial charge on any atom is -0.507 e. The maximum Gasteiger partial charge on any atom is 0.167 e. The maximum atomic E-state index is 12.9. The van der Waals surface area contributed by atoms with Gasteiger partial charge < -0.3 is 39.4 Å². The van der Waals surface area contributed by atoms with Gasteiger partial charge in [-0.15, -0.1) is 0 Å². The van der Waals surface area contributed by atoms with Crippen molar-refractivity contribution >= 4 is 16.8 Å². The van der Waals surface area contributed by atoms with Gasteiger partial charge in [-0.3, -0.25) is 4.79 Å². The Morgan fingerprint density at radius 1 is 1.06 bits per heavy atom. The smallest absolute Gasteiger partial charge is 0.167 e. The summed E-state index contributed by atoms with van der Waals surface area (Å²) in [4.78, 5) is 12.9. The zero-order valence-corrected chi connectivity index (χ0v) is 17.9. The molecule has 0 bridgehead atoms. The van der Waals surface area contributed by atoms with Crippen LogP contribution in [0, 0.1) is 0 Å². The van der Waals surface area contributed by atoms with Crippen molar-refractivity contribution in [1.29, 1.82) is 0 Å². The van der Waals surface area contributed by atoms with Gasteiger partial charge in [0.15, 0.2) is 5.78 Å². The van der Waals surface area contributed by atoms with Crippen LogP contribution in [-0.4, -0.2) is 69.4 Å². The van der Waals surface area contributed by atoms with Gasteiger partial charge >= 0.3 is 0 Å². The van der Waals surface area contributed by atoms with Crippen LogP contribution in [-0.2, 0) is 11.2 Å². The van der Waals surface area contributed by atoms with E-state index < -0.39 is 37.1 Å². The zero-order chi connectivity index (χ0) is 23.7. The molecule has 0 radical (unpaired) electrons. The summed E-state index contributed by atoms with van der Waals surface area (Å²) in [6.07, 6.45) is -6.64. The molecule has 176 valence electrons. The fourth-order valence-electron chi connectivity index (χ4n) is 4.10. The number of rotatable bonds is 7. The lowest BCUT2D eigenvalue weighted by atomic mass is 9.89. The van der Waals surface area contributed by atoms with Crippen LogP contribution in [0.2, 0.25) is 0 Å². The number of aliphatic hydroxyl groups excluding tert-OH is 4. The molecule has 0 amide bonds. The van der Waals surface area contributed by atoms with Crippen LogP contribution in [0.15, 0.2) is 46.9 Å². The third-order valence-corrected chi connectivity index (χ3v) is 5.92. The largest absolute Gasteiger partial charge is 0.507 e. The van der Waals surface area contributed by atoms with Crippen LogP contribution < -0.4 is 4.74 Å². The second-order valence-corrected chi connectivity index (χ2v) is 8.03. The number of furan rings is 1. The summed E-state index contributed by atoms with van der Waals surface area (Å²) in [6.45, 7) is -0.592. The standard InChI is InChI=1S/C24H26O9/c1-31-19-10-17(27)14(9-15(19)24-23(30)22(29)21(28)20(11-25)33-24)16(26)7-6-13-8-12-4-2-3-5-18(12)32-13/h2-5,8-10,20-25,27-30H,6-7,11H2,1H3. The SMILES string of the molecule is COc1cc(O)c(C(=O)CCc2cc3ccccc3o2)cc1C1OC(CO)C(O)C(O)C1O. The average Bonchev–Trinajstić information content (AvgIpc) is 3.24. The number of aryl methyl sites for hydroxylation is 1. The van der Waals surface area contributed by atoms with Crippen LogP contribution in [0.25, 0.3) is 11.0 Å². The topological polar surface area (TPSA) is 150 Å². The molecule has 33 heavy (non-hydrogen) atoms. The van der Waals surface area contributed by atoms with Gasteiger partial charge in [-0.1, -0.05) is 18.2 Å². The van der Waals surface area contributed by atoms with Crippen molar-refractivity contribution in [1.82, 2.24) is 0 Å². The molecule has 0 aliphatic carbocycles. The molecular weight excluding hydrogens is 432 g/mol. The number of carbonyl (C=O) groups excluding carboxylic acids is 1.